The highest BCUT2D eigenvalue weighted by atomic mass is 16.5. The Morgan fingerprint density at radius 2 is 2.13 bits per heavy atom. The smallest absolute Gasteiger partial charge is 0.141 e. The zero-order valence-electron chi connectivity index (χ0n) is 9.49. The summed E-state index contributed by atoms with van der Waals surface area (Å²) in [7, 11) is 1.68. The molecule has 0 saturated heterocycles. The van der Waals surface area contributed by atoms with E-state index in [0.29, 0.717) is 5.92 Å². The predicted molar refractivity (Wildman–Crippen MR) is 64.3 cm³/mol. The van der Waals surface area contributed by atoms with Crippen LogP contribution in [0.1, 0.15) is 13.3 Å². The van der Waals surface area contributed by atoms with E-state index in [4.69, 9.17) is 10.5 Å². The molecule has 0 aliphatic rings. The Balaban J connectivity index is 2.49. The third kappa shape index (κ3) is 3.80. The van der Waals surface area contributed by atoms with Crippen LogP contribution in [0, 0.1) is 5.92 Å². The molecule has 1 aromatic carbocycles. The molecule has 1 atom stereocenters. The lowest BCUT2D eigenvalue weighted by atomic mass is 10.1. The monoisotopic (exact) mass is 208 g/mol. The number of para-hydroxylation sites is 2. The van der Waals surface area contributed by atoms with Crippen LogP contribution >= 0.6 is 0 Å². The number of hydrogen-bond donors (Lipinski definition) is 2. The predicted octanol–water partition coefficient (Wildman–Crippen LogP) is 2.09. The third-order valence-electron chi connectivity index (χ3n) is 2.41. The zero-order chi connectivity index (χ0) is 11.1. The Labute approximate surface area is 91.6 Å². The highest BCUT2D eigenvalue weighted by Crippen LogP contribution is 2.23. The van der Waals surface area contributed by atoms with Crippen molar-refractivity contribution in [3.63, 3.8) is 0 Å². The number of methoxy groups -OCH3 is 1. The Morgan fingerprint density at radius 3 is 2.80 bits per heavy atom. The summed E-state index contributed by atoms with van der Waals surface area (Å²) in [5.41, 5.74) is 6.55. The molecule has 0 amide bonds. The maximum Gasteiger partial charge on any atom is 0.141 e. The summed E-state index contributed by atoms with van der Waals surface area (Å²) in [6.45, 7) is 3.86. The van der Waals surface area contributed by atoms with E-state index in [-0.39, 0.29) is 0 Å². The standard InChI is InChI=1S/C12H20N2O/c1-10(7-8-13)9-14-11-5-3-4-6-12(11)15-2/h3-6,10,14H,7-9,13H2,1-2H3. The van der Waals surface area contributed by atoms with Crippen LogP contribution in [0.25, 0.3) is 0 Å². The fourth-order valence-corrected chi connectivity index (χ4v) is 1.46. The minimum absolute atomic E-state index is 0.583. The molecule has 1 aromatic rings. The van der Waals surface area contributed by atoms with Crippen LogP contribution in [-0.4, -0.2) is 20.2 Å². The maximum absolute atomic E-state index is 5.50. The van der Waals surface area contributed by atoms with Crippen molar-refractivity contribution >= 4 is 5.69 Å². The lowest BCUT2D eigenvalue weighted by molar-refractivity contribution is 0.416. The molecule has 1 rings (SSSR count). The molecule has 84 valence electrons. The lowest BCUT2D eigenvalue weighted by Crippen LogP contribution is -2.15. The lowest BCUT2D eigenvalue weighted by Gasteiger charge is -2.14. The second kappa shape index (κ2) is 6.30. The average molecular weight is 208 g/mol. The Hall–Kier alpha value is -1.22. The van der Waals surface area contributed by atoms with Gasteiger partial charge >= 0.3 is 0 Å². The number of hydrogen-bond acceptors (Lipinski definition) is 3. The van der Waals surface area contributed by atoms with Crippen molar-refractivity contribution in [1.29, 1.82) is 0 Å². The van der Waals surface area contributed by atoms with Crippen molar-refractivity contribution in [3.05, 3.63) is 24.3 Å². The summed E-state index contributed by atoms with van der Waals surface area (Å²) in [6, 6.07) is 7.94. The van der Waals surface area contributed by atoms with Gasteiger partial charge in [0.15, 0.2) is 0 Å². The fraction of sp³-hybridized carbons (Fsp3) is 0.500. The van der Waals surface area contributed by atoms with Crippen LogP contribution in [0.4, 0.5) is 5.69 Å². The summed E-state index contributed by atoms with van der Waals surface area (Å²) in [4.78, 5) is 0. The fourth-order valence-electron chi connectivity index (χ4n) is 1.46. The number of benzene rings is 1. The quantitative estimate of drug-likeness (QED) is 0.752. The molecule has 0 heterocycles. The molecule has 0 aromatic heterocycles. The first-order chi connectivity index (χ1) is 7.27. The molecule has 0 aliphatic heterocycles. The molecule has 3 heteroatoms. The van der Waals surface area contributed by atoms with Crippen LogP contribution in [0.5, 0.6) is 5.75 Å². The van der Waals surface area contributed by atoms with Crippen LogP contribution in [0.2, 0.25) is 0 Å². The molecule has 0 radical (unpaired) electrons. The van der Waals surface area contributed by atoms with Gasteiger partial charge in [-0.05, 0) is 31.0 Å². The average Bonchev–Trinajstić information content (AvgIpc) is 2.27. The molecular formula is C12H20N2O. The van der Waals surface area contributed by atoms with Crippen LogP contribution < -0.4 is 15.8 Å². The van der Waals surface area contributed by atoms with E-state index in [1.54, 1.807) is 7.11 Å². The Morgan fingerprint density at radius 1 is 1.40 bits per heavy atom. The summed E-state index contributed by atoms with van der Waals surface area (Å²) < 4.78 is 5.25. The second-order valence-electron chi connectivity index (χ2n) is 3.76. The van der Waals surface area contributed by atoms with Gasteiger partial charge in [-0.1, -0.05) is 19.1 Å². The van der Waals surface area contributed by atoms with E-state index in [2.05, 4.69) is 12.2 Å². The number of nitrogens with one attached hydrogen (secondary N) is 1. The van der Waals surface area contributed by atoms with Crippen LogP contribution in [-0.2, 0) is 0 Å². The molecule has 15 heavy (non-hydrogen) atoms. The SMILES string of the molecule is COc1ccccc1NCC(C)CCN. The van der Waals surface area contributed by atoms with Crippen molar-refractivity contribution in [2.75, 3.05) is 25.5 Å². The molecular weight excluding hydrogens is 188 g/mol. The molecule has 0 spiro atoms. The molecule has 0 fully saturated rings. The summed E-state index contributed by atoms with van der Waals surface area (Å²) in [6.07, 6.45) is 1.04. The van der Waals surface area contributed by atoms with E-state index in [1.807, 2.05) is 24.3 Å². The molecule has 0 aliphatic carbocycles. The largest absolute Gasteiger partial charge is 0.495 e. The third-order valence-corrected chi connectivity index (χ3v) is 2.41. The van der Waals surface area contributed by atoms with E-state index < -0.39 is 0 Å². The number of nitrogens with two attached hydrogens (primary N) is 1. The van der Waals surface area contributed by atoms with Gasteiger partial charge in [-0.2, -0.15) is 0 Å². The number of anilines is 1. The van der Waals surface area contributed by atoms with Gasteiger partial charge < -0.3 is 15.8 Å². The van der Waals surface area contributed by atoms with Gasteiger partial charge in [-0.25, -0.2) is 0 Å². The van der Waals surface area contributed by atoms with Gasteiger partial charge in [-0.3, -0.25) is 0 Å². The Kier molecular flexibility index (Phi) is 4.98. The van der Waals surface area contributed by atoms with Gasteiger partial charge in [0.1, 0.15) is 5.75 Å². The van der Waals surface area contributed by atoms with E-state index in [1.165, 1.54) is 0 Å². The second-order valence-corrected chi connectivity index (χ2v) is 3.76. The normalized spacial score (nSPS) is 12.2. The minimum Gasteiger partial charge on any atom is -0.495 e. The highest BCUT2D eigenvalue weighted by molar-refractivity contribution is 5.56. The highest BCUT2D eigenvalue weighted by Gasteiger charge is 2.03. The number of rotatable bonds is 6. The van der Waals surface area contributed by atoms with Crippen LogP contribution in [0.15, 0.2) is 24.3 Å². The zero-order valence-corrected chi connectivity index (χ0v) is 9.49. The van der Waals surface area contributed by atoms with Gasteiger partial charge in [0.2, 0.25) is 0 Å². The van der Waals surface area contributed by atoms with Crippen molar-refractivity contribution in [3.8, 4) is 5.75 Å². The minimum atomic E-state index is 0.583. The van der Waals surface area contributed by atoms with E-state index >= 15 is 0 Å². The summed E-state index contributed by atoms with van der Waals surface area (Å²) in [5.74, 6) is 1.47. The molecule has 3 N–H and O–H groups in total. The van der Waals surface area contributed by atoms with Crippen molar-refractivity contribution in [1.82, 2.24) is 0 Å². The number of ether oxygens (including phenoxy) is 1. The Bertz CT molecular complexity index is 289. The molecule has 0 bridgehead atoms. The van der Waals surface area contributed by atoms with Crippen molar-refractivity contribution in [2.24, 2.45) is 11.7 Å². The summed E-state index contributed by atoms with van der Waals surface area (Å²) >= 11 is 0. The van der Waals surface area contributed by atoms with Crippen molar-refractivity contribution in [2.45, 2.75) is 13.3 Å². The first-order valence-corrected chi connectivity index (χ1v) is 5.35. The van der Waals surface area contributed by atoms with E-state index in [0.717, 1.165) is 30.9 Å². The van der Waals surface area contributed by atoms with Crippen LogP contribution in [0.3, 0.4) is 0 Å². The molecule has 0 saturated carbocycles. The topological polar surface area (TPSA) is 47.3 Å². The first-order valence-electron chi connectivity index (χ1n) is 5.35. The first kappa shape index (κ1) is 11.9. The van der Waals surface area contributed by atoms with Gasteiger partial charge in [-0.15, -0.1) is 0 Å². The van der Waals surface area contributed by atoms with Gasteiger partial charge in [0, 0.05) is 6.54 Å². The summed E-state index contributed by atoms with van der Waals surface area (Å²) in [5, 5.41) is 3.37. The van der Waals surface area contributed by atoms with E-state index in [9.17, 15) is 0 Å². The molecule has 3 nitrogen and oxygen atoms in total. The maximum atomic E-state index is 5.50. The van der Waals surface area contributed by atoms with Gasteiger partial charge in [0.05, 0.1) is 12.8 Å². The van der Waals surface area contributed by atoms with Crippen molar-refractivity contribution < 1.29 is 4.74 Å². The van der Waals surface area contributed by atoms with Gasteiger partial charge in [0.25, 0.3) is 0 Å². The molecule has 1 unspecified atom stereocenters.